The Morgan fingerprint density at radius 2 is 2.05 bits per heavy atom. The zero-order valence-corrected chi connectivity index (χ0v) is 13.0. The summed E-state index contributed by atoms with van der Waals surface area (Å²) in [7, 11) is 0. The molecule has 0 bridgehead atoms. The van der Waals surface area contributed by atoms with Gasteiger partial charge in [-0.3, -0.25) is 4.79 Å². The van der Waals surface area contributed by atoms with Crippen LogP contribution in [0.1, 0.15) is 11.1 Å². The van der Waals surface area contributed by atoms with Crippen LogP contribution in [0.5, 0.6) is 5.75 Å². The molecular formula is C16H13BrN2O2. The quantitative estimate of drug-likeness (QED) is 0.920. The van der Waals surface area contributed by atoms with Crippen LogP contribution in [0.2, 0.25) is 0 Å². The van der Waals surface area contributed by atoms with E-state index >= 15 is 0 Å². The van der Waals surface area contributed by atoms with E-state index in [9.17, 15) is 4.79 Å². The maximum absolute atomic E-state index is 11.9. The summed E-state index contributed by atoms with van der Waals surface area (Å²) in [5, 5.41) is 11.7. The Labute approximate surface area is 131 Å². The van der Waals surface area contributed by atoms with Crippen molar-refractivity contribution in [1.29, 1.82) is 5.26 Å². The third-order valence-electron chi connectivity index (χ3n) is 2.83. The van der Waals surface area contributed by atoms with Gasteiger partial charge < -0.3 is 10.1 Å². The topological polar surface area (TPSA) is 62.1 Å². The summed E-state index contributed by atoms with van der Waals surface area (Å²) in [6.07, 6.45) is 0. The van der Waals surface area contributed by atoms with E-state index in [1.807, 2.05) is 25.1 Å². The van der Waals surface area contributed by atoms with Crippen LogP contribution >= 0.6 is 15.9 Å². The van der Waals surface area contributed by atoms with Crippen molar-refractivity contribution in [2.45, 2.75) is 6.92 Å². The minimum absolute atomic E-state index is 0.154. The van der Waals surface area contributed by atoms with Crippen molar-refractivity contribution in [3.8, 4) is 11.8 Å². The maximum Gasteiger partial charge on any atom is 0.262 e. The van der Waals surface area contributed by atoms with Crippen LogP contribution in [0.25, 0.3) is 0 Å². The van der Waals surface area contributed by atoms with Gasteiger partial charge in [0.25, 0.3) is 5.91 Å². The molecule has 0 aromatic heterocycles. The predicted molar refractivity (Wildman–Crippen MR) is 84.2 cm³/mol. The molecule has 2 aromatic rings. The van der Waals surface area contributed by atoms with Crippen molar-refractivity contribution >= 4 is 27.5 Å². The molecule has 0 aliphatic carbocycles. The number of aryl methyl sites for hydroxylation is 1. The van der Waals surface area contributed by atoms with Gasteiger partial charge in [0.1, 0.15) is 11.8 Å². The molecule has 0 fully saturated rings. The smallest absolute Gasteiger partial charge is 0.262 e. The molecule has 0 heterocycles. The lowest BCUT2D eigenvalue weighted by Gasteiger charge is -2.10. The second kappa shape index (κ2) is 6.91. The van der Waals surface area contributed by atoms with Crippen molar-refractivity contribution in [2.24, 2.45) is 0 Å². The summed E-state index contributed by atoms with van der Waals surface area (Å²) in [4.78, 5) is 11.9. The van der Waals surface area contributed by atoms with Gasteiger partial charge in [0.2, 0.25) is 0 Å². The first-order chi connectivity index (χ1) is 10.1. The number of nitrogens with zero attached hydrogens (tertiary/aromatic N) is 1. The van der Waals surface area contributed by atoms with E-state index in [1.54, 1.807) is 30.3 Å². The molecule has 0 atom stereocenters. The molecule has 21 heavy (non-hydrogen) atoms. The molecule has 0 saturated carbocycles. The van der Waals surface area contributed by atoms with E-state index < -0.39 is 0 Å². The van der Waals surface area contributed by atoms with Crippen molar-refractivity contribution in [3.05, 3.63) is 58.1 Å². The van der Waals surface area contributed by atoms with E-state index in [1.165, 1.54) is 0 Å². The van der Waals surface area contributed by atoms with Crippen LogP contribution in [0, 0.1) is 18.3 Å². The molecule has 1 amide bonds. The molecule has 0 aliphatic heterocycles. The number of benzene rings is 2. The van der Waals surface area contributed by atoms with E-state index in [-0.39, 0.29) is 12.5 Å². The zero-order valence-electron chi connectivity index (χ0n) is 11.4. The van der Waals surface area contributed by atoms with Crippen LogP contribution in [-0.2, 0) is 4.79 Å². The van der Waals surface area contributed by atoms with Gasteiger partial charge in [-0.05, 0) is 46.6 Å². The Hall–Kier alpha value is -2.32. The Balaban J connectivity index is 2.00. The number of para-hydroxylation sites is 1. The monoisotopic (exact) mass is 344 g/mol. The van der Waals surface area contributed by atoms with Crippen LogP contribution < -0.4 is 10.1 Å². The molecule has 0 spiro atoms. The fraction of sp³-hybridized carbons (Fsp3) is 0.125. The van der Waals surface area contributed by atoms with Gasteiger partial charge in [0, 0.05) is 4.47 Å². The first-order valence-corrected chi connectivity index (χ1v) is 7.08. The number of rotatable bonds is 4. The fourth-order valence-corrected chi connectivity index (χ4v) is 2.12. The molecule has 2 rings (SSSR count). The summed E-state index contributed by atoms with van der Waals surface area (Å²) < 4.78 is 6.23. The molecule has 2 aromatic carbocycles. The van der Waals surface area contributed by atoms with E-state index in [4.69, 9.17) is 10.00 Å². The van der Waals surface area contributed by atoms with Crippen molar-refractivity contribution in [3.63, 3.8) is 0 Å². The number of anilines is 1. The van der Waals surface area contributed by atoms with Crippen molar-refractivity contribution in [2.75, 3.05) is 11.9 Å². The van der Waals surface area contributed by atoms with Crippen molar-refractivity contribution < 1.29 is 9.53 Å². The summed E-state index contributed by atoms with van der Waals surface area (Å²) in [6, 6.07) is 14.4. The fourth-order valence-electron chi connectivity index (χ4n) is 1.76. The highest BCUT2D eigenvalue weighted by Gasteiger charge is 2.09. The first-order valence-electron chi connectivity index (χ1n) is 6.28. The number of hydrogen-bond acceptors (Lipinski definition) is 3. The zero-order chi connectivity index (χ0) is 15.2. The number of halogens is 1. The lowest BCUT2D eigenvalue weighted by molar-refractivity contribution is -0.118. The van der Waals surface area contributed by atoms with Gasteiger partial charge in [-0.2, -0.15) is 5.26 Å². The van der Waals surface area contributed by atoms with E-state index in [2.05, 4.69) is 21.2 Å². The minimum atomic E-state index is -0.283. The first kappa shape index (κ1) is 15.1. The highest BCUT2D eigenvalue weighted by molar-refractivity contribution is 9.10. The Kier molecular flexibility index (Phi) is 4.96. The Bertz CT molecular complexity index is 708. The third kappa shape index (κ3) is 3.83. The summed E-state index contributed by atoms with van der Waals surface area (Å²) >= 11 is 3.43. The summed E-state index contributed by atoms with van der Waals surface area (Å²) in [5.74, 6) is 0.118. The highest BCUT2D eigenvalue weighted by atomic mass is 79.9. The molecule has 5 heteroatoms. The van der Waals surface area contributed by atoms with E-state index in [0.717, 1.165) is 10.0 Å². The number of carbonyl (C=O) groups is 1. The number of hydrogen-bond donors (Lipinski definition) is 1. The van der Waals surface area contributed by atoms with Gasteiger partial charge in [0.15, 0.2) is 6.61 Å². The SMILES string of the molecule is Cc1cccc(NC(=O)COc2ccccc2C#N)c1Br. The number of amides is 1. The summed E-state index contributed by atoms with van der Waals surface area (Å²) in [5.41, 5.74) is 2.13. The molecular weight excluding hydrogens is 332 g/mol. The largest absolute Gasteiger partial charge is 0.482 e. The normalized spacial score (nSPS) is 9.76. The van der Waals surface area contributed by atoms with Crippen molar-refractivity contribution in [1.82, 2.24) is 0 Å². The second-order valence-electron chi connectivity index (χ2n) is 4.38. The van der Waals surface area contributed by atoms with Crippen LogP contribution in [0.15, 0.2) is 46.9 Å². The van der Waals surface area contributed by atoms with Gasteiger partial charge in [-0.15, -0.1) is 0 Å². The minimum Gasteiger partial charge on any atom is -0.482 e. The highest BCUT2D eigenvalue weighted by Crippen LogP contribution is 2.25. The van der Waals surface area contributed by atoms with Gasteiger partial charge in [-0.25, -0.2) is 0 Å². The van der Waals surface area contributed by atoms with Crippen LogP contribution in [0.3, 0.4) is 0 Å². The predicted octanol–water partition coefficient (Wildman–Crippen LogP) is 3.65. The maximum atomic E-state index is 11.9. The van der Waals surface area contributed by atoms with Gasteiger partial charge in [0.05, 0.1) is 11.3 Å². The number of nitrogens with one attached hydrogen (secondary N) is 1. The summed E-state index contributed by atoms with van der Waals surface area (Å²) in [6.45, 7) is 1.79. The average molecular weight is 345 g/mol. The molecule has 1 N–H and O–H groups in total. The van der Waals surface area contributed by atoms with E-state index in [0.29, 0.717) is 17.0 Å². The lowest BCUT2D eigenvalue weighted by Crippen LogP contribution is -2.20. The standard InChI is InChI=1S/C16H13BrN2O2/c1-11-5-4-7-13(16(11)17)19-15(20)10-21-14-8-3-2-6-12(14)9-18/h2-8H,10H2,1H3,(H,19,20). The second-order valence-corrected chi connectivity index (χ2v) is 5.17. The van der Waals surface area contributed by atoms with Crippen LogP contribution in [-0.4, -0.2) is 12.5 Å². The van der Waals surface area contributed by atoms with Gasteiger partial charge >= 0.3 is 0 Å². The number of nitriles is 1. The number of ether oxygens (including phenoxy) is 1. The lowest BCUT2D eigenvalue weighted by atomic mass is 10.2. The average Bonchev–Trinajstić information content (AvgIpc) is 2.50. The molecule has 4 nitrogen and oxygen atoms in total. The van der Waals surface area contributed by atoms with Gasteiger partial charge in [-0.1, -0.05) is 24.3 Å². The third-order valence-corrected chi connectivity index (χ3v) is 3.88. The van der Waals surface area contributed by atoms with Crippen LogP contribution in [0.4, 0.5) is 5.69 Å². The Morgan fingerprint density at radius 3 is 2.81 bits per heavy atom. The Morgan fingerprint density at radius 1 is 1.29 bits per heavy atom. The molecule has 0 saturated heterocycles. The number of carbonyl (C=O) groups excluding carboxylic acids is 1. The molecule has 0 unspecified atom stereocenters. The molecule has 106 valence electrons. The molecule has 0 aliphatic rings. The molecule has 0 radical (unpaired) electrons.